The van der Waals surface area contributed by atoms with Crippen LogP contribution in [-0.2, 0) is 24.5 Å². The van der Waals surface area contributed by atoms with Crippen LogP contribution in [0.4, 0.5) is 15.8 Å². The molecule has 39 heavy (non-hydrogen) atoms. The van der Waals surface area contributed by atoms with Crippen molar-refractivity contribution in [2.45, 2.75) is 17.0 Å². The highest BCUT2D eigenvalue weighted by atomic mass is 32.2. The number of hydroxylamine groups is 1. The largest absolute Gasteiger partial charge is 0.379 e. The molecule has 0 N–H and O–H groups in total. The van der Waals surface area contributed by atoms with Gasteiger partial charge in [0, 0.05) is 0 Å². The van der Waals surface area contributed by atoms with Crippen LogP contribution in [0.5, 0.6) is 5.75 Å². The molecule has 2 amide bonds. The average Bonchev–Trinajstić information content (AvgIpc) is 3.46. The second kappa shape index (κ2) is 9.64. The smallest absolute Gasteiger partial charge is 0.339 e. The van der Waals surface area contributed by atoms with Crippen LogP contribution in [0.2, 0.25) is 0 Å². The van der Waals surface area contributed by atoms with Gasteiger partial charge in [-0.15, -0.1) is 0 Å². The zero-order valence-electron chi connectivity index (χ0n) is 20.3. The fourth-order valence-corrected chi connectivity index (χ4v) is 5.83. The molecule has 196 valence electrons. The highest BCUT2D eigenvalue weighted by molar-refractivity contribution is 7.87. The van der Waals surface area contributed by atoms with Crippen LogP contribution in [0.1, 0.15) is 11.6 Å². The Labute approximate surface area is 223 Å². The zero-order valence-corrected chi connectivity index (χ0v) is 21.1. The molecule has 0 aromatic heterocycles. The van der Waals surface area contributed by atoms with E-state index in [1.165, 1.54) is 53.6 Å². The highest BCUT2D eigenvalue weighted by Crippen LogP contribution is 2.47. The Hall–Kier alpha value is -4.54. The Morgan fingerprint density at radius 2 is 1.33 bits per heavy atom. The first-order chi connectivity index (χ1) is 18.8. The van der Waals surface area contributed by atoms with Gasteiger partial charge in [0.15, 0.2) is 6.10 Å². The molecule has 4 aromatic rings. The number of fused-ring (bicyclic) bond motifs is 1. The summed E-state index contributed by atoms with van der Waals surface area (Å²) < 4.78 is 44.1. The van der Waals surface area contributed by atoms with Crippen molar-refractivity contribution in [1.82, 2.24) is 0 Å². The number of rotatable bonds is 6. The second-order valence-electron chi connectivity index (χ2n) is 9.07. The molecule has 2 aliphatic heterocycles. The number of carbonyl (C=O) groups is 2. The van der Waals surface area contributed by atoms with Crippen molar-refractivity contribution in [3.05, 3.63) is 121 Å². The number of imide groups is 1. The second-order valence-corrected chi connectivity index (χ2v) is 10.6. The summed E-state index contributed by atoms with van der Waals surface area (Å²) in [4.78, 5) is 34.1. The van der Waals surface area contributed by atoms with Gasteiger partial charge >= 0.3 is 10.1 Å². The van der Waals surface area contributed by atoms with Crippen LogP contribution >= 0.6 is 0 Å². The van der Waals surface area contributed by atoms with Crippen LogP contribution in [0.3, 0.4) is 0 Å². The lowest BCUT2D eigenvalue weighted by molar-refractivity contribution is -0.126. The quantitative estimate of drug-likeness (QED) is 0.258. The number of halogens is 1. The molecule has 0 aliphatic carbocycles. The first-order valence-electron chi connectivity index (χ1n) is 12.1. The summed E-state index contributed by atoms with van der Waals surface area (Å²) in [6, 6.07) is 27.5. The van der Waals surface area contributed by atoms with Crippen LogP contribution in [0.15, 0.2) is 114 Å². The van der Waals surface area contributed by atoms with Crippen LogP contribution in [-0.4, -0.2) is 26.3 Å². The number of hydrogen-bond acceptors (Lipinski definition) is 7. The fourth-order valence-electron chi connectivity index (χ4n) is 4.88. The molecule has 4 aromatic carbocycles. The van der Waals surface area contributed by atoms with Crippen molar-refractivity contribution in [3.63, 3.8) is 0 Å². The molecule has 3 atom stereocenters. The van der Waals surface area contributed by atoms with Crippen LogP contribution < -0.4 is 14.1 Å². The molecule has 2 fully saturated rings. The Bertz CT molecular complexity index is 1630. The minimum absolute atomic E-state index is 0.0207. The first kappa shape index (κ1) is 24.8. The standard InChI is InChI=1S/C29H21FN2O6S/c30-20-13-15-21(16-14-20)31-28(33)25-26(32(37-27(25)29(31)34)22-7-3-1-4-8-22)19-11-17-23(18-12-19)38-39(35,36)24-9-5-2-6-10-24/h1-18,25-27H. The van der Waals surface area contributed by atoms with E-state index in [9.17, 15) is 22.4 Å². The van der Waals surface area contributed by atoms with Gasteiger partial charge in [-0.05, 0) is 66.2 Å². The van der Waals surface area contributed by atoms with Gasteiger partial charge in [-0.3, -0.25) is 14.4 Å². The number of para-hydroxylation sites is 1. The lowest BCUT2D eigenvalue weighted by Gasteiger charge is -2.28. The van der Waals surface area contributed by atoms with Gasteiger partial charge in [-0.1, -0.05) is 48.5 Å². The Morgan fingerprint density at radius 1 is 0.718 bits per heavy atom. The maximum absolute atomic E-state index is 13.7. The van der Waals surface area contributed by atoms with E-state index in [1.54, 1.807) is 42.5 Å². The number of carbonyl (C=O) groups excluding carboxylic acids is 2. The molecule has 0 radical (unpaired) electrons. The van der Waals surface area contributed by atoms with Gasteiger partial charge in [-0.2, -0.15) is 8.42 Å². The van der Waals surface area contributed by atoms with Crippen molar-refractivity contribution in [2.75, 3.05) is 9.96 Å². The van der Waals surface area contributed by atoms with Crippen molar-refractivity contribution in [3.8, 4) is 5.75 Å². The predicted molar refractivity (Wildman–Crippen MR) is 140 cm³/mol. The molecule has 2 aliphatic rings. The highest BCUT2D eigenvalue weighted by Gasteiger charge is 2.60. The number of benzene rings is 4. The Balaban J connectivity index is 1.34. The van der Waals surface area contributed by atoms with Gasteiger partial charge in [0.05, 0.1) is 17.4 Å². The van der Waals surface area contributed by atoms with Gasteiger partial charge in [0.1, 0.15) is 22.4 Å². The SMILES string of the molecule is O=C1C2ON(c3ccccc3)C(c3ccc(OS(=O)(=O)c4ccccc4)cc3)C2C(=O)N1c1ccc(F)cc1. The molecule has 10 heteroatoms. The van der Waals surface area contributed by atoms with Gasteiger partial charge in [0.2, 0.25) is 5.91 Å². The molecule has 0 spiro atoms. The van der Waals surface area contributed by atoms with Gasteiger partial charge in [-0.25, -0.2) is 14.4 Å². The molecular weight excluding hydrogens is 523 g/mol. The predicted octanol–water partition coefficient (Wildman–Crippen LogP) is 4.64. The number of hydrogen-bond donors (Lipinski definition) is 0. The number of anilines is 2. The van der Waals surface area contributed by atoms with Gasteiger partial charge < -0.3 is 4.18 Å². The van der Waals surface area contributed by atoms with Crippen molar-refractivity contribution in [1.29, 1.82) is 0 Å². The summed E-state index contributed by atoms with van der Waals surface area (Å²) in [6.45, 7) is 0. The summed E-state index contributed by atoms with van der Waals surface area (Å²) in [5.41, 5.74) is 1.50. The van der Waals surface area contributed by atoms with E-state index in [2.05, 4.69) is 0 Å². The Morgan fingerprint density at radius 3 is 1.97 bits per heavy atom. The maximum atomic E-state index is 13.7. The molecule has 3 unspecified atom stereocenters. The molecule has 2 heterocycles. The van der Waals surface area contributed by atoms with E-state index >= 15 is 0 Å². The first-order valence-corrected chi connectivity index (χ1v) is 13.5. The summed E-state index contributed by atoms with van der Waals surface area (Å²) in [5, 5.41) is 1.53. The van der Waals surface area contributed by atoms with E-state index < -0.39 is 45.8 Å². The minimum atomic E-state index is -4.04. The number of amides is 2. The lowest BCUT2D eigenvalue weighted by Crippen LogP contribution is -2.37. The third-order valence-corrected chi connectivity index (χ3v) is 7.93. The lowest BCUT2D eigenvalue weighted by atomic mass is 9.90. The minimum Gasteiger partial charge on any atom is -0.379 e. The van der Waals surface area contributed by atoms with Crippen molar-refractivity contribution < 1.29 is 31.4 Å². The van der Waals surface area contributed by atoms with Gasteiger partial charge in [0.25, 0.3) is 5.91 Å². The van der Waals surface area contributed by atoms with Crippen molar-refractivity contribution >= 4 is 33.3 Å². The molecule has 0 bridgehead atoms. The molecular formula is C29H21FN2O6S. The Kier molecular flexibility index (Phi) is 6.13. The summed E-state index contributed by atoms with van der Waals surface area (Å²) >= 11 is 0. The third-order valence-electron chi connectivity index (χ3n) is 6.67. The van der Waals surface area contributed by atoms with Crippen LogP contribution in [0, 0.1) is 11.7 Å². The van der Waals surface area contributed by atoms with Crippen LogP contribution in [0.25, 0.3) is 0 Å². The normalized spacial score (nSPS) is 20.8. The van der Waals surface area contributed by atoms with E-state index in [0.717, 1.165) is 4.90 Å². The fraction of sp³-hybridized carbons (Fsp3) is 0.103. The monoisotopic (exact) mass is 544 g/mol. The van der Waals surface area contributed by atoms with E-state index in [1.807, 2.05) is 18.2 Å². The summed E-state index contributed by atoms with van der Waals surface area (Å²) in [5.74, 6) is -2.33. The average molecular weight is 545 g/mol. The van der Waals surface area contributed by atoms with Crippen molar-refractivity contribution in [2.24, 2.45) is 5.92 Å². The zero-order chi connectivity index (χ0) is 27.1. The third kappa shape index (κ3) is 4.43. The topological polar surface area (TPSA) is 93.2 Å². The van der Waals surface area contributed by atoms with E-state index in [4.69, 9.17) is 9.02 Å². The molecule has 0 saturated carbocycles. The summed E-state index contributed by atoms with van der Waals surface area (Å²) in [7, 11) is -4.04. The van der Waals surface area contributed by atoms with E-state index in [0.29, 0.717) is 11.3 Å². The molecule has 2 saturated heterocycles. The number of nitrogens with zero attached hydrogens (tertiary/aromatic N) is 2. The maximum Gasteiger partial charge on any atom is 0.339 e. The van der Waals surface area contributed by atoms with E-state index in [-0.39, 0.29) is 16.3 Å². The molecule has 8 nitrogen and oxygen atoms in total. The molecule has 6 rings (SSSR count). The summed E-state index contributed by atoms with van der Waals surface area (Å²) in [6.07, 6.45) is -1.10.